The van der Waals surface area contributed by atoms with Crippen molar-refractivity contribution in [2.75, 3.05) is 13.1 Å². The number of carbonyl (C=O) groups excluding carboxylic acids is 9. The lowest BCUT2D eigenvalue weighted by molar-refractivity contribution is -0.146. The van der Waals surface area contributed by atoms with E-state index in [1.165, 1.54) is 9.80 Å². The zero-order chi connectivity index (χ0) is 85.4. The molecule has 2 aliphatic heterocycles. The van der Waals surface area contributed by atoms with Gasteiger partial charge in [0.1, 0.15) is 29.1 Å². The number of hydrogen-bond donors (Lipinski definition) is 10. The monoisotopic (exact) mass is 1670 g/mol. The molecule has 2 saturated heterocycles. The number of ketones is 1. The number of ether oxygens (including phenoxy) is 4. The first-order valence-corrected chi connectivity index (χ1v) is 40.4. The Bertz CT molecular complexity index is 4230. The number of Topliss-reactive ketones (excluding diaryl/α,β-unsaturated/α-hetero) is 1. The zero-order valence-corrected chi connectivity index (χ0v) is 72.0. The van der Waals surface area contributed by atoms with Crippen LogP contribution >= 0.6 is 35.1 Å². The summed E-state index contributed by atoms with van der Waals surface area (Å²) in [5.74, 6) is -3.91. The number of carboxylic acid groups (broad SMARTS) is 1. The third-order valence-electron chi connectivity index (χ3n) is 19.3. The lowest BCUT2D eigenvalue weighted by Crippen LogP contribution is -2.54. The number of amides is 8. The highest BCUT2D eigenvalue weighted by Gasteiger charge is 2.46. The van der Waals surface area contributed by atoms with E-state index in [-0.39, 0.29) is 126 Å². The highest BCUT2D eigenvalue weighted by atomic mass is 35.5. The second-order valence-electron chi connectivity index (χ2n) is 33.6. The molecule has 636 valence electrons. The smallest absolute Gasteiger partial charge is 0.407 e. The maximum Gasteiger partial charge on any atom is 0.407 e. The molecule has 2 aliphatic rings. The number of likely N-dealkylation sites (tertiary alicyclic amines) is 2. The summed E-state index contributed by atoms with van der Waals surface area (Å²) in [5, 5.41) is 40.8. The number of nitrogens with one attached hydrogen (secondary N) is 4. The average Bonchev–Trinajstić information content (AvgIpc) is 1.68. The second-order valence-corrected chi connectivity index (χ2v) is 35.3. The first-order chi connectivity index (χ1) is 53.7. The second kappa shape index (κ2) is 44.3. The summed E-state index contributed by atoms with van der Waals surface area (Å²) in [6.07, 6.45) is -2.46. The Morgan fingerprint density at radius 3 is 1.21 bits per heavy atom. The van der Waals surface area contributed by atoms with Gasteiger partial charge in [-0.25, -0.2) is 19.6 Å². The molecule has 28 nitrogen and oxygen atoms in total. The highest BCUT2D eigenvalue weighted by molar-refractivity contribution is 7.13. The minimum Gasteiger partial charge on any atom is -0.481 e. The van der Waals surface area contributed by atoms with Crippen LogP contribution in [0.3, 0.4) is 0 Å². The molecule has 0 bridgehead atoms. The molecule has 10 atom stereocenters. The van der Waals surface area contributed by atoms with Crippen molar-refractivity contribution in [3.8, 4) is 20.9 Å². The number of rotatable bonds is 32. The third-order valence-corrected chi connectivity index (χ3v) is 21.3. The standard InChI is InChI=1S/C43H59N5O8S.C22H30N4O3S.C20H30N2O6.ClH/c1-26-38(57-25-46-26)31-15-13-29(14-16-31)22-45-39(52)36-21-33(50)23-48(36)40(53)34(42(3,4)5)20-32(49)19-28-9-11-30(12-10-28)24-55-27(2)35(17-18-37(44)51)47-41(54)56-43(6,7)8;1-13-18(30-12-25-13)15-7-5-14(6-8-15)10-24-20(28)17-9-16(27)11-26(17)21(29)19(23)22(2,3)4;1-13(27-12-15-7-5-14(6-8-15)11-18(24)25)16(9-10-17(21)23)22-19(26)28-20(2,3)4;/h9-16,25,27,33-36,50H,17-24H2,1-8H3,(H2,44,51)(H,45,52)(H,47,54);5-8,12,16-17,19,27H,9-11,23H2,1-4H3,(H,24,28);5-8,13,16H,9-12H2,1-4H3,(H2,21,23)(H,22,26)(H,24,25);1H/t27-,33-,34-,35+,36+;16-,17+,19-;13-,16+;/m111./s1. The molecule has 2 fully saturated rings. The van der Waals surface area contributed by atoms with Crippen LogP contribution in [0.4, 0.5) is 9.59 Å². The number of aliphatic hydroxyl groups is 2. The predicted molar refractivity (Wildman–Crippen MR) is 447 cm³/mol. The molecule has 31 heteroatoms. The van der Waals surface area contributed by atoms with Crippen LogP contribution in [-0.4, -0.2) is 173 Å². The number of alkyl carbamates (subject to hydrolysis) is 2. The van der Waals surface area contributed by atoms with Crippen LogP contribution in [0.15, 0.2) is 108 Å². The molecule has 116 heavy (non-hydrogen) atoms. The number of nitrogens with zero attached hydrogens (tertiary/aromatic N) is 4. The fourth-order valence-electron chi connectivity index (χ4n) is 12.7. The van der Waals surface area contributed by atoms with E-state index in [1.54, 1.807) is 102 Å². The van der Waals surface area contributed by atoms with E-state index in [2.05, 4.69) is 31.2 Å². The number of nitrogens with two attached hydrogens (primary N) is 3. The van der Waals surface area contributed by atoms with E-state index in [1.807, 2.05) is 139 Å². The quantitative estimate of drug-likeness (QED) is 0.0188. The van der Waals surface area contributed by atoms with Gasteiger partial charge in [0.2, 0.25) is 35.4 Å². The fourth-order valence-corrected chi connectivity index (χ4v) is 14.3. The van der Waals surface area contributed by atoms with Gasteiger partial charge in [0.25, 0.3) is 0 Å². The first-order valence-electron chi connectivity index (χ1n) is 38.7. The van der Waals surface area contributed by atoms with Crippen molar-refractivity contribution in [3.63, 3.8) is 0 Å². The Morgan fingerprint density at radius 2 is 0.879 bits per heavy atom. The molecule has 4 aromatic carbocycles. The minimum absolute atomic E-state index is 0. The van der Waals surface area contributed by atoms with Crippen LogP contribution in [0.1, 0.15) is 187 Å². The van der Waals surface area contributed by atoms with Gasteiger partial charge in [0.05, 0.1) is 94.3 Å². The number of hydrogen-bond acceptors (Lipinski definition) is 21. The van der Waals surface area contributed by atoms with Gasteiger partial charge in [-0.1, -0.05) is 139 Å². The number of aliphatic carboxylic acids is 1. The molecule has 2 aromatic heterocycles. The minimum atomic E-state index is -0.886. The number of carboxylic acids is 1. The highest BCUT2D eigenvalue weighted by Crippen LogP contribution is 2.35. The molecule has 0 unspecified atom stereocenters. The number of primary amides is 2. The third kappa shape index (κ3) is 32.3. The zero-order valence-electron chi connectivity index (χ0n) is 69.6. The number of aliphatic hydroxyl groups excluding tert-OH is 2. The van der Waals surface area contributed by atoms with E-state index in [4.69, 9.17) is 41.3 Å². The maximum atomic E-state index is 14.1. The van der Waals surface area contributed by atoms with Crippen molar-refractivity contribution in [2.45, 2.75) is 261 Å². The maximum absolute atomic E-state index is 14.1. The summed E-state index contributed by atoms with van der Waals surface area (Å²) in [4.78, 5) is 138. The molecule has 4 heterocycles. The Labute approximate surface area is 695 Å². The summed E-state index contributed by atoms with van der Waals surface area (Å²) >= 11 is 3.17. The lowest BCUT2D eigenvalue weighted by Gasteiger charge is -2.34. The van der Waals surface area contributed by atoms with Crippen LogP contribution in [0.2, 0.25) is 0 Å². The van der Waals surface area contributed by atoms with Crippen LogP contribution in [0.25, 0.3) is 20.9 Å². The van der Waals surface area contributed by atoms with Crippen LogP contribution in [-0.2, 0) is 96.4 Å². The summed E-state index contributed by atoms with van der Waals surface area (Å²) in [6.45, 7) is 30.7. The Kier molecular flexibility index (Phi) is 37.2. The number of aromatic nitrogens is 2. The molecule has 8 rings (SSSR count). The lowest BCUT2D eigenvalue weighted by atomic mass is 9.76. The predicted octanol–water partition coefficient (Wildman–Crippen LogP) is 10.5. The number of halogens is 1. The van der Waals surface area contributed by atoms with Crippen LogP contribution in [0.5, 0.6) is 0 Å². The van der Waals surface area contributed by atoms with Gasteiger partial charge < -0.3 is 82.5 Å². The van der Waals surface area contributed by atoms with Gasteiger partial charge in [0.15, 0.2) is 0 Å². The number of β-amino-alcohol motifs (C(OH)–C–C–N with tert-alkyl or cyclic N) is 2. The van der Waals surface area contributed by atoms with Gasteiger partial charge in [-0.2, -0.15) is 0 Å². The average molecular weight is 1670 g/mol. The SMILES string of the molecule is C[C@@H](OCc1ccc(CC(=O)O)cc1)[C@H](CCC(N)=O)NC(=O)OC(C)(C)C.Cc1ncsc1-c1ccc(CNC(=O)[C@@H]2C[C@@H](O)CN2C(=O)[C@@H](CC(=O)Cc2ccc(CO[C@H](C)[C@H](CCC(N)=O)NC(=O)OC(C)(C)C)cc2)C(C)(C)C)cc1.Cc1ncsc1-c1ccc(CNC(=O)[C@@H]2C[C@@H](O)CN2C(=O)[C@@H](N)C(C)(C)C)cc1.Cl. The van der Waals surface area contributed by atoms with Gasteiger partial charge >= 0.3 is 18.2 Å². The molecule has 8 amide bonds. The van der Waals surface area contributed by atoms with E-state index in [0.717, 1.165) is 60.1 Å². The largest absolute Gasteiger partial charge is 0.481 e. The molecular formula is C85H120ClN11O17S2. The molecule has 13 N–H and O–H groups in total. The van der Waals surface area contributed by atoms with Gasteiger partial charge in [-0.05, 0) is 137 Å². The number of carbonyl (C=O) groups is 10. The van der Waals surface area contributed by atoms with Crippen molar-refractivity contribution < 1.29 is 82.2 Å². The topological polar surface area (TPSA) is 427 Å². The van der Waals surface area contributed by atoms with E-state index in [9.17, 15) is 58.2 Å². The molecular weight excluding hydrogens is 1550 g/mol. The molecule has 0 saturated carbocycles. The van der Waals surface area contributed by atoms with Gasteiger partial charge in [-0.15, -0.1) is 35.1 Å². The fraction of sp³-hybridized carbons (Fsp3) is 0.529. The molecule has 0 aliphatic carbocycles. The van der Waals surface area contributed by atoms with Crippen molar-refractivity contribution in [1.29, 1.82) is 0 Å². The molecule has 6 aromatic rings. The molecule has 0 spiro atoms. The summed E-state index contributed by atoms with van der Waals surface area (Å²) in [6, 6.07) is 27.0. The number of benzene rings is 4. The van der Waals surface area contributed by atoms with Crippen molar-refractivity contribution in [2.24, 2.45) is 33.9 Å². The first kappa shape index (κ1) is 97.3. The Morgan fingerprint density at radius 1 is 0.526 bits per heavy atom. The van der Waals surface area contributed by atoms with Crippen molar-refractivity contribution >= 4 is 94.5 Å². The van der Waals surface area contributed by atoms with E-state index < -0.39 is 113 Å². The summed E-state index contributed by atoms with van der Waals surface area (Å²) in [7, 11) is 0. The van der Waals surface area contributed by atoms with E-state index >= 15 is 0 Å². The van der Waals surface area contributed by atoms with Crippen LogP contribution in [0, 0.1) is 30.6 Å². The normalized spacial score (nSPS) is 17.0. The molecule has 0 radical (unpaired) electrons. The number of aryl methyl sites for hydroxylation is 2. The Hall–Kier alpha value is -9.27. The van der Waals surface area contributed by atoms with Crippen molar-refractivity contribution in [1.82, 2.24) is 41.0 Å². The van der Waals surface area contributed by atoms with Crippen molar-refractivity contribution in [3.05, 3.63) is 153 Å². The van der Waals surface area contributed by atoms with Gasteiger partial charge in [0, 0.05) is 70.6 Å². The summed E-state index contributed by atoms with van der Waals surface area (Å²) in [5.41, 5.74) is 27.1. The Balaban J connectivity index is 0.000000341. The van der Waals surface area contributed by atoms with Gasteiger partial charge in [-0.3, -0.25) is 38.4 Å². The van der Waals surface area contributed by atoms with E-state index in [0.29, 0.717) is 18.5 Å². The van der Waals surface area contributed by atoms with Crippen LogP contribution < -0.4 is 38.5 Å². The summed E-state index contributed by atoms with van der Waals surface area (Å²) < 4.78 is 22.5. The number of thiazole rings is 2.